The number of aromatic nitrogens is 1. The van der Waals surface area contributed by atoms with Gasteiger partial charge in [-0.1, -0.05) is 42.5 Å². The molecule has 35 heavy (non-hydrogen) atoms. The molecule has 7 heteroatoms. The number of hydrogen-bond acceptors (Lipinski definition) is 5. The summed E-state index contributed by atoms with van der Waals surface area (Å²) in [5.41, 5.74) is 3.41. The Morgan fingerprint density at radius 1 is 1.09 bits per heavy atom. The van der Waals surface area contributed by atoms with Crippen LogP contribution in [-0.2, 0) is 17.9 Å². The minimum atomic E-state index is -0.458. The Morgan fingerprint density at radius 2 is 1.83 bits per heavy atom. The van der Waals surface area contributed by atoms with Crippen LogP contribution >= 0.6 is 0 Å². The number of aliphatic hydroxyl groups excluding tert-OH is 1. The van der Waals surface area contributed by atoms with E-state index in [2.05, 4.69) is 10.2 Å². The number of nitrogens with zero attached hydrogens (tertiary/aromatic N) is 2. The second kappa shape index (κ2) is 9.68. The molecule has 1 aromatic heterocycles. The highest BCUT2D eigenvalue weighted by Crippen LogP contribution is 2.49. The summed E-state index contributed by atoms with van der Waals surface area (Å²) in [6, 6.07) is 20.8. The highest BCUT2D eigenvalue weighted by Gasteiger charge is 2.55. The number of benzene rings is 2. The van der Waals surface area contributed by atoms with Crippen LogP contribution in [0.2, 0.25) is 0 Å². The maximum atomic E-state index is 13.6. The number of ether oxygens (including phenoxy) is 1. The van der Waals surface area contributed by atoms with Gasteiger partial charge in [0.15, 0.2) is 0 Å². The monoisotopic (exact) mass is 473 g/mol. The first kappa shape index (κ1) is 23.3. The SMILES string of the molecule is CCNC(=O)[C@@H]1[C@@H](CO)[C@@H]2Cn3c(ccc(-c4ccc(OC)cc4)c3=O)[C@@H]2N1Cc1ccccc1. The summed E-state index contributed by atoms with van der Waals surface area (Å²) in [5, 5.41) is 13.4. The van der Waals surface area contributed by atoms with E-state index < -0.39 is 6.04 Å². The number of likely N-dealkylation sites (N-methyl/N-ethyl adjacent to an activating group) is 1. The van der Waals surface area contributed by atoms with Gasteiger partial charge in [0.05, 0.1) is 19.2 Å². The minimum absolute atomic E-state index is 0.0323. The van der Waals surface area contributed by atoms with E-state index >= 15 is 0 Å². The van der Waals surface area contributed by atoms with E-state index in [1.165, 1.54) is 0 Å². The number of likely N-dealkylation sites (tertiary alicyclic amines) is 1. The summed E-state index contributed by atoms with van der Waals surface area (Å²) in [6.45, 7) is 3.37. The lowest BCUT2D eigenvalue weighted by Gasteiger charge is -2.30. The maximum Gasteiger partial charge on any atom is 0.258 e. The van der Waals surface area contributed by atoms with E-state index in [-0.39, 0.29) is 36.0 Å². The third kappa shape index (κ3) is 4.05. The highest BCUT2D eigenvalue weighted by molar-refractivity contribution is 5.82. The van der Waals surface area contributed by atoms with E-state index in [0.717, 1.165) is 22.6 Å². The van der Waals surface area contributed by atoms with E-state index in [1.807, 2.05) is 78.2 Å². The lowest BCUT2D eigenvalue weighted by Crippen LogP contribution is -2.48. The zero-order chi connectivity index (χ0) is 24.5. The van der Waals surface area contributed by atoms with Crippen LogP contribution in [0.3, 0.4) is 0 Å². The van der Waals surface area contributed by atoms with E-state index in [9.17, 15) is 14.7 Å². The summed E-state index contributed by atoms with van der Waals surface area (Å²) in [4.78, 5) is 28.9. The minimum Gasteiger partial charge on any atom is -0.497 e. The van der Waals surface area contributed by atoms with Crippen molar-refractivity contribution in [2.24, 2.45) is 11.8 Å². The molecule has 3 aromatic rings. The van der Waals surface area contributed by atoms with Gasteiger partial charge in [0.25, 0.3) is 5.56 Å². The smallest absolute Gasteiger partial charge is 0.258 e. The molecule has 7 nitrogen and oxygen atoms in total. The largest absolute Gasteiger partial charge is 0.497 e. The number of rotatable bonds is 7. The average Bonchev–Trinajstić information content (AvgIpc) is 3.41. The summed E-state index contributed by atoms with van der Waals surface area (Å²) in [5.74, 6) is 0.373. The summed E-state index contributed by atoms with van der Waals surface area (Å²) in [6.07, 6.45) is 0. The Hall–Kier alpha value is -3.42. The topological polar surface area (TPSA) is 83.8 Å². The number of aliphatic hydroxyl groups is 1. The quantitative estimate of drug-likeness (QED) is 0.551. The number of fused-ring (bicyclic) bond motifs is 3. The molecule has 1 fully saturated rings. The van der Waals surface area contributed by atoms with Crippen molar-refractivity contribution in [2.45, 2.75) is 32.1 Å². The maximum absolute atomic E-state index is 13.6. The summed E-state index contributed by atoms with van der Waals surface area (Å²) >= 11 is 0. The second-order valence-corrected chi connectivity index (χ2v) is 9.27. The van der Waals surface area contributed by atoms with Crippen LogP contribution in [0.5, 0.6) is 5.75 Å². The molecule has 1 amide bonds. The Labute approximate surface area is 205 Å². The van der Waals surface area contributed by atoms with E-state index in [1.54, 1.807) is 7.11 Å². The number of pyridine rings is 1. The van der Waals surface area contributed by atoms with Gasteiger partial charge < -0.3 is 19.7 Å². The van der Waals surface area contributed by atoms with E-state index in [4.69, 9.17) is 4.74 Å². The molecule has 0 unspecified atom stereocenters. The number of amides is 1. The molecule has 5 rings (SSSR count). The Bertz CT molecular complexity index is 1260. The third-order valence-corrected chi connectivity index (χ3v) is 7.42. The lowest BCUT2D eigenvalue weighted by molar-refractivity contribution is -0.127. The molecule has 2 N–H and O–H groups in total. The van der Waals surface area contributed by atoms with Gasteiger partial charge in [-0.2, -0.15) is 0 Å². The van der Waals surface area contributed by atoms with Crippen LogP contribution in [0.4, 0.5) is 0 Å². The molecule has 0 bridgehead atoms. The molecule has 0 saturated carbocycles. The van der Waals surface area contributed by atoms with Crippen molar-refractivity contribution in [3.05, 3.63) is 88.3 Å². The first-order chi connectivity index (χ1) is 17.1. The molecule has 3 heterocycles. The Kier molecular flexibility index (Phi) is 6.45. The Morgan fingerprint density at radius 3 is 2.49 bits per heavy atom. The molecule has 0 spiro atoms. The average molecular weight is 474 g/mol. The second-order valence-electron chi connectivity index (χ2n) is 9.27. The lowest BCUT2D eigenvalue weighted by atomic mass is 9.88. The van der Waals surface area contributed by atoms with Crippen LogP contribution in [0.15, 0.2) is 71.5 Å². The number of carbonyl (C=O) groups excluding carboxylic acids is 1. The fraction of sp³-hybridized carbons (Fsp3) is 0.357. The van der Waals surface area contributed by atoms with Crippen molar-refractivity contribution >= 4 is 5.91 Å². The molecule has 2 aliphatic rings. The van der Waals surface area contributed by atoms with Gasteiger partial charge in [-0.25, -0.2) is 0 Å². The van der Waals surface area contributed by atoms with Gasteiger partial charge in [0, 0.05) is 49.3 Å². The Balaban J connectivity index is 1.56. The van der Waals surface area contributed by atoms with Crippen molar-refractivity contribution in [2.75, 3.05) is 20.3 Å². The molecule has 4 atom stereocenters. The highest BCUT2D eigenvalue weighted by atomic mass is 16.5. The van der Waals surface area contributed by atoms with Gasteiger partial charge in [-0.15, -0.1) is 0 Å². The van der Waals surface area contributed by atoms with E-state index in [0.29, 0.717) is 25.2 Å². The van der Waals surface area contributed by atoms with Crippen LogP contribution in [-0.4, -0.2) is 46.8 Å². The number of hydrogen-bond donors (Lipinski definition) is 2. The van der Waals surface area contributed by atoms with Gasteiger partial charge in [0.2, 0.25) is 5.91 Å². The molecule has 0 aliphatic carbocycles. The third-order valence-electron chi connectivity index (χ3n) is 7.42. The zero-order valence-electron chi connectivity index (χ0n) is 20.1. The first-order valence-electron chi connectivity index (χ1n) is 12.1. The number of methoxy groups -OCH3 is 1. The van der Waals surface area contributed by atoms with Crippen LogP contribution in [0.25, 0.3) is 11.1 Å². The number of nitrogens with one attached hydrogen (secondary N) is 1. The van der Waals surface area contributed by atoms with Crippen molar-refractivity contribution in [1.29, 1.82) is 0 Å². The standard InChI is InChI=1S/C28H31N3O4/c1-3-29-27(33)26-23(17-32)22-16-30-24(25(22)31(26)15-18-7-5-4-6-8-18)14-13-21(28(30)34)19-9-11-20(35-2)12-10-19/h4-14,22-23,25-26,32H,3,15-17H2,1-2H3,(H,29,33)/t22-,23-,25+,26-/m0/s1. The zero-order valence-corrected chi connectivity index (χ0v) is 20.1. The molecular weight excluding hydrogens is 442 g/mol. The first-order valence-corrected chi connectivity index (χ1v) is 12.1. The molecule has 1 saturated heterocycles. The predicted molar refractivity (Wildman–Crippen MR) is 134 cm³/mol. The van der Waals surface area contributed by atoms with Gasteiger partial charge in [0.1, 0.15) is 5.75 Å². The fourth-order valence-corrected chi connectivity index (χ4v) is 5.85. The normalized spacial score (nSPS) is 23.1. The van der Waals surface area contributed by atoms with Crippen molar-refractivity contribution in [1.82, 2.24) is 14.8 Å². The van der Waals surface area contributed by atoms with Gasteiger partial charge >= 0.3 is 0 Å². The van der Waals surface area contributed by atoms with Crippen LogP contribution in [0, 0.1) is 11.8 Å². The molecule has 2 aliphatic heterocycles. The van der Waals surface area contributed by atoms with Crippen molar-refractivity contribution < 1.29 is 14.6 Å². The van der Waals surface area contributed by atoms with Crippen LogP contribution < -0.4 is 15.6 Å². The number of carbonyl (C=O) groups is 1. The van der Waals surface area contributed by atoms with Gasteiger partial charge in [-0.3, -0.25) is 14.5 Å². The summed E-state index contributed by atoms with van der Waals surface area (Å²) < 4.78 is 7.08. The fourth-order valence-electron chi connectivity index (χ4n) is 5.85. The summed E-state index contributed by atoms with van der Waals surface area (Å²) in [7, 11) is 1.62. The predicted octanol–water partition coefficient (Wildman–Crippen LogP) is 2.82. The molecular formula is C28H31N3O4. The van der Waals surface area contributed by atoms with Gasteiger partial charge in [-0.05, 0) is 42.3 Å². The molecule has 182 valence electrons. The molecule has 0 radical (unpaired) electrons. The van der Waals surface area contributed by atoms with Crippen LogP contribution in [0.1, 0.15) is 24.2 Å². The molecule has 2 aromatic carbocycles. The van der Waals surface area contributed by atoms with Crippen molar-refractivity contribution in [3.63, 3.8) is 0 Å². The van der Waals surface area contributed by atoms with Crippen molar-refractivity contribution in [3.8, 4) is 16.9 Å².